The number of carbonyl (C=O) groups is 1. The van der Waals surface area contributed by atoms with E-state index in [9.17, 15) is 9.59 Å². The van der Waals surface area contributed by atoms with Crippen molar-refractivity contribution in [1.82, 2.24) is 14.1 Å². The lowest BCUT2D eigenvalue weighted by Crippen LogP contribution is -2.25. The summed E-state index contributed by atoms with van der Waals surface area (Å²) < 4.78 is 3.39. The third-order valence-corrected chi connectivity index (χ3v) is 4.94. The molecule has 1 aromatic carbocycles. The topological polar surface area (TPSA) is 68.9 Å². The largest absolute Gasteiger partial charge is 0.329 e. The molecule has 2 heterocycles. The van der Waals surface area contributed by atoms with Crippen molar-refractivity contribution in [3.05, 3.63) is 45.8 Å². The Morgan fingerprint density at radius 1 is 1.24 bits per heavy atom. The Morgan fingerprint density at radius 3 is 2.52 bits per heavy atom. The van der Waals surface area contributed by atoms with Crippen LogP contribution in [0.1, 0.15) is 38.8 Å². The first-order valence-electron chi connectivity index (χ1n) is 8.44. The van der Waals surface area contributed by atoms with Gasteiger partial charge in [0.25, 0.3) is 0 Å². The minimum Gasteiger partial charge on any atom is -0.302 e. The Balaban J connectivity index is 1.73. The summed E-state index contributed by atoms with van der Waals surface area (Å²) in [5, 5.41) is 5.39. The van der Waals surface area contributed by atoms with Gasteiger partial charge in [-0.1, -0.05) is 26.0 Å². The van der Waals surface area contributed by atoms with E-state index in [1.165, 1.54) is 11.3 Å². The van der Waals surface area contributed by atoms with Crippen LogP contribution in [0.5, 0.6) is 0 Å². The van der Waals surface area contributed by atoms with Gasteiger partial charge in [0.1, 0.15) is 0 Å². The summed E-state index contributed by atoms with van der Waals surface area (Å²) >= 11 is 1.43. The molecule has 0 unspecified atom stereocenters. The number of anilines is 1. The molecule has 0 radical (unpaired) electrons. The predicted octanol–water partition coefficient (Wildman–Crippen LogP) is 3.43. The van der Waals surface area contributed by atoms with Crippen molar-refractivity contribution >= 4 is 33.4 Å². The van der Waals surface area contributed by atoms with Crippen LogP contribution in [0.3, 0.4) is 0 Å². The van der Waals surface area contributed by atoms with Gasteiger partial charge >= 0.3 is 5.69 Å². The maximum atomic E-state index is 12.6. The Hall–Kier alpha value is -2.41. The van der Waals surface area contributed by atoms with Crippen LogP contribution in [0.2, 0.25) is 0 Å². The molecule has 0 saturated carbocycles. The van der Waals surface area contributed by atoms with E-state index in [4.69, 9.17) is 0 Å². The molecule has 0 aliphatic carbocycles. The maximum absolute atomic E-state index is 12.6. The van der Waals surface area contributed by atoms with Crippen LogP contribution in [0.25, 0.3) is 11.0 Å². The van der Waals surface area contributed by atoms with Crippen molar-refractivity contribution in [1.29, 1.82) is 0 Å². The lowest BCUT2D eigenvalue weighted by Gasteiger charge is -2.04. The molecule has 25 heavy (non-hydrogen) atoms. The van der Waals surface area contributed by atoms with Gasteiger partial charge in [-0.3, -0.25) is 13.9 Å². The molecule has 0 bridgehead atoms. The van der Waals surface area contributed by atoms with Crippen LogP contribution < -0.4 is 11.0 Å². The number of nitrogens with one attached hydrogen (secondary N) is 1. The molecule has 1 N–H and O–H groups in total. The number of rotatable bonds is 6. The van der Waals surface area contributed by atoms with E-state index < -0.39 is 0 Å². The number of hydrogen-bond donors (Lipinski definition) is 1. The number of imidazole rings is 1. The summed E-state index contributed by atoms with van der Waals surface area (Å²) in [7, 11) is 0. The summed E-state index contributed by atoms with van der Waals surface area (Å²) in [4.78, 5) is 29.2. The molecule has 0 atom stereocenters. The van der Waals surface area contributed by atoms with Gasteiger partial charge in [0.05, 0.1) is 16.7 Å². The van der Waals surface area contributed by atoms with E-state index in [1.807, 2.05) is 36.6 Å². The predicted molar refractivity (Wildman–Crippen MR) is 101 cm³/mol. The summed E-state index contributed by atoms with van der Waals surface area (Å²) in [5.41, 5.74) is 2.66. The SMILES string of the molecule is CCn1c(=O)n(CCC(=O)Nc2nc(C(C)C)cs2)c2ccccc21. The van der Waals surface area contributed by atoms with Crippen molar-refractivity contribution in [3.63, 3.8) is 0 Å². The summed E-state index contributed by atoms with van der Waals surface area (Å²) in [6, 6.07) is 7.66. The molecule has 3 rings (SSSR count). The van der Waals surface area contributed by atoms with E-state index in [1.54, 1.807) is 9.13 Å². The van der Waals surface area contributed by atoms with Crippen molar-refractivity contribution < 1.29 is 4.79 Å². The van der Waals surface area contributed by atoms with E-state index >= 15 is 0 Å². The monoisotopic (exact) mass is 358 g/mol. The van der Waals surface area contributed by atoms with E-state index in [2.05, 4.69) is 24.1 Å². The third kappa shape index (κ3) is 3.51. The number of nitrogens with zero attached hydrogens (tertiary/aromatic N) is 3. The summed E-state index contributed by atoms with van der Waals surface area (Å²) in [6.45, 7) is 7.03. The molecule has 3 aromatic rings. The highest BCUT2D eigenvalue weighted by atomic mass is 32.1. The number of thiazole rings is 1. The molecule has 0 fully saturated rings. The number of benzene rings is 1. The zero-order valence-electron chi connectivity index (χ0n) is 14.7. The molecule has 7 heteroatoms. The van der Waals surface area contributed by atoms with Crippen LogP contribution in [-0.2, 0) is 17.9 Å². The van der Waals surface area contributed by atoms with Gasteiger partial charge in [-0.15, -0.1) is 11.3 Å². The Morgan fingerprint density at radius 2 is 1.92 bits per heavy atom. The first-order valence-corrected chi connectivity index (χ1v) is 9.32. The van der Waals surface area contributed by atoms with Gasteiger partial charge in [-0.05, 0) is 25.0 Å². The summed E-state index contributed by atoms with van der Waals surface area (Å²) in [6.07, 6.45) is 0.230. The smallest absolute Gasteiger partial charge is 0.302 e. The second-order valence-corrected chi connectivity index (χ2v) is 7.06. The lowest BCUT2D eigenvalue weighted by molar-refractivity contribution is -0.116. The van der Waals surface area contributed by atoms with Gasteiger partial charge < -0.3 is 5.32 Å². The minimum absolute atomic E-state index is 0.0761. The molecule has 1 amide bonds. The molecule has 0 spiro atoms. The molecular formula is C18H22N4O2S. The van der Waals surface area contributed by atoms with Crippen molar-refractivity contribution in [2.75, 3.05) is 5.32 Å². The third-order valence-electron chi connectivity index (χ3n) is 4.16. The van der Waals surface area contributed by atoms with Crippen LogP contribution in [0, 0.1) is 0 Å². The molecule has 0 aliphatic heterocycles. The number of hydrogen-bond acceptors (Lipinski definition) is 4. The van der Waals surface area contributed by atoms with Gasteiger partial charge in [-0.25, -0.2) is 9.78 Å². The van der Waals surface area contributed by atoms with E-state index in [0.29, 0.717) is 24.1 Å². The van der Waals surface area contributed by atoms with Crippen molar-refractivity contribution in [2.24, 2.45) is 0 Å². The van der Waals surface area contributed by atoms with Crippen molar-refractivity contribution in [3.8, 4) is 0 Å². The number of aryl methyl sites for hydroxylation is 2. The van der Waals surface area contributed by atoms with Gasteiger partial charge in [0, 0.05) is 24.9 Å². The average Bonchev–Trinajstić information content (AvgIpc) is 3.15. The van der Waals surface area contributed by atoms with Crippen molar-refractivity contribution in [2.45, 2.75) is 46.2 Å². The molecule has 2 aromatic heterocycles. The van der Waals surface area contributed by atoms with Crippen LogP contribution in [-0.4, -0.2) is 20.0 Å². The second-order valence-electron chi connectivity index (χ2n) is 6.20. The van der Waals surface area contributed by atoms with Crippen LogP contribution in [0.4, 0.5) is 5.13 Å². The highest BCUT2D eigenvalue weighted by Gasteiger charge is 2.14. The lowest BCUT2D eigenvalue weighted by atomic mass is 10.2. The number of fused-ring (bicyclic) bond motifs is 1. The van der Waals surface area contributed by atoms with Gasteiger partial charge in [0.2, 0.25) is 5.91 Å². The molecule has 0 saturated heterocycles. The Labute approximate surface area is 150 Å². The highest BCUT2D eigenvalue weighted by Crippen LogP contribution is 2.21. The number of amides is 1. The maximum Gasteiger partial charge on any atom is 0.329 e. The Kier molecular flexibility index (Phi) is 5.03. The molecule has 132 valence electrons. The number of carbonyl (C=O) groups excluding carboxylic acids is 1. The standard InChI is InChI=1S/C18H22N4O2S/c1-4-21-14-7-5-6-8-15(14)22(18(21)24)10-9-16(23)20-17-19-13(11-25-17)12(2)3/h5-8,11-12H,4,9-10H2,1-3H3,(H,19,20,23). The second kappa shape index (κ2) is 7.23. The Bertz CT molecular complexity index is 952. The molecule has 6 nitrogen and oxygen atoms in total. The van der Waals surface area contributed by atoms with E-state index in [-0.39, 0.29) is 18.0 Å². The molecular weight excluding hydrogens is 336 g/mol. The fraction of sp³-hybridized carbons (Fsp3) is 0.389. The fourth-order valence-electron chi connectivity index (χ4n) is 2.80. The van der Waals surface area contributed by atoms with Gasteiger partial charge in [0.15, 0.2) is 5.13 Å². The summed E-state index contributed by atoms with van der Waals surface area (Å²) in [5.74, 6) is 0.200. The van der Waals surface area contributed by atoms with Crippen LogP contribution >= 0.6 is 11.3 Å². The zero-order valence-corrected chi connectivity index (χ0v) is 15.5. The first kappa shape index (κ1) is 17.4. The molecule has 0 aliphatic rings. The quantitative estimate of drug-likeness (QED) is 0.734. The zero-order chi connectivity index (χ0) is 18.0. The van der Waals surface area contributed by atoms with Crippen LogP contribution in [0.15, 0.2) is 34.4 Å². The number of aromatic nitrogens is 3. The number of para-hydroxylation sites is 2. The van der Waals surface area contributed by atoms with E-state index in [0.717, 1.165) is 16.7 Å². The first-order chi connectivity index (χ1) is 12.0. The van der Waals surface area contributed by atoms with Gasteiger partial charge in [-0.2, -0.15) is 0 Å². The minimum atomic E-state index is -0.134. The normalized spacial score (nSPS) is 11.4. The average molecular weight is 358 g/mol. The highest BCUT2D eigenvalue weighted by molar-refractivity contribution is 7.13. The fourth-order valence-corrected chi connectivity index (χ4v) is 3.69.